The van der Waals surface area contributed by atoms with Crippen LogP contribution in [0, 0.1) is 11.3 Å². The minimum absolute atomic E-state index is 0.0366. The molecule has 3 aromatic rings. The van der Waals surface area contributed by atoms with Gasteiger partial charge in [0.25, 0.3) is 6.23 Å². The van der Waals surface area contributed by atoms with Gasteiger partial charge in [-0.3, -0.25) is 0 Å². The maximum atomic E-state index is 12.8. The number of carbonyl (C=O) groups is 1. The second-order valence-corrected chi connectivity index (χ2v) is 8.97. The van der Waals surface area contributed by atoms with E-state index in [1.54, 1.807) is 0 Å². The summed E-state index contributed by atoms with van der Waals surface area (Å²) in [5.41, 5.74) is 4.31. The highest BCUT2D eigenvalue weighted by Gasteiger charge is 2.58. The van der Waals surface area contributed by atoms with Crippen molar-refractivity contribution >= 4 is 17.3 Å². The van der Waals surface area contributed by atoms with Crippen LogP contribution in [0.25, 0.3) is 5.52 Å². The zero-order valence-corrected chi connectivity index (χ0v) is 19.7. The van der Waals surface area contributed by atoms with Gasteiger partial charge in [0.1, 0.15) is 60.6 Å². The van der Waals surface area contributed by atoms with E-state index in [1.165, 1.54) is 52.1 Å². The number of esters is 1. The molecule has 2 aliphatic heterocycles. The molecule has 38 heavy (non-hydrogen) atoms. The number of hydrogen-bond acceptors (Lipinski definition) is 13. The summed E-state index contributed by atoms with van der Waals surface area (Å²) in [5, 5.41) is 65.0. The number of anilines is 1. The molecule has 7 N–H and O–H groups in total. The molecule has 5 rings (SSSR count). The number of rotatable bonds is 6. The van der Waals surface area contributed by atoms with Crippen molar-refractivity contribution in [2.45, 2.75) is 48.5 Å². The summed E-state index contributed by atoms with van der Waals surface area (Å²) in [5.74, 6) is -0.700. The molecule has 200 valence electrons. The summed E-state index contributed by atoms with van der Waals surface area (Å²) < 4.78 is 19.2. The average Bonchev–Trinajstić information content (AvgIpc) is 3.57. The molecule has 0 aliphatic carbocycles. The molecule has 0 spiro atoms. The molecule has 0 aromatic carbocycles. The molecule has 15 heteroatoms. The Hall–Kier alpha value is -3.75. The van der Waals surface area contributed by atoms with Crippen LogP contribution in [-0.2, 0) is 19.8 Å². The maximum absolute atomic E-state index is 12.8. The Kier molecular flexibility index (Phi) is 6.71. The number of hydrogen-bond donors (Lipinski definition) is 6. The summed E-state index contributed by atoms with van der Waals surface area (Å²) in [6, 6.07) is 7.82. The average molecular weight is 529 g/mol. The number of fused-ring (bicyclic) bond motifs is 1. The first-order valence-corrected chi connectivity index (χ1v) is 11.6. The smallest absolute Gasteiger partial charge is 0.344 e. The van der Waals surface area contributed by atoms with E-state index >= 15 is 0 Å². The molecule has 2 aliphatic rings. The molecule has 8 atom stereocenters. The molecule has 0 amide bonds. The fourth-order valence-electron chi connectivity index (χ4n) is 4.69. The molecule has 0 saturated carbocycles. The van der Waals surface area contributed by atoms with Crippen LogP contribution in [0.4, 0.5) is 5.82 Å². The number of nitriles is 1. The van der Waals surface area contributed by atoms with Gasteiger partial charge < -0.3 is 45.5 Å². The molecule has 15 nitrogen and oxygen atoms in total. The molecule has 5 heterocycles. The second-order valence-electron chi connectivity index (χ2n) is 8.97. The molecule has 0 unspecified atom stereocenters. The van der Waals surface area contributed by atoms with E-state index in [0.29, 0.717) is 5.52 Å². The summed E-state index contributed by atoms with van der Waals surface area (Å²) in [4.78, 5) is 16.6. The van der Waals surface area contributed by atoms with E-state index in [-0.39, 0.29) is 17.1 Å². The number of aliphatic hydroxyl groups excluding tert-OH is 5. The molecule has 0 radical (unpaired) electrons. The quantitative estimate of drug-likeness (QED) is 0.137. The van der Waals surface area contributed by atoms with Crippen LogP contribution in [0.5, 0.6) is 0 Å². The first-order valence-electron chi connectivity index (χ1n) is 11.6. The van der Waals surface area contributed by atoms with Crippen molar-refractivity contribution in [2.75, 3.05) is 18.9 Å². The fourth-order valence-corrected chi connectivity index (χ4v) is 4.69. The largest absolute Gasteiger partial charge is 0.459 e. The van der Waals surface area contributed by atoms with Crippen molar-refractivity contribution < 1.29 is 49.1 Å². The van der Waals surface area contributed by atoms with E-state index in [9.17, 15) is 35.6 Å². The topological polar surface area (TPSA) is 230 Å². The lowest BCUT2D eigenvalue weighted by Gasteiger charge is -2.24. The predicted molar refractivity (Wildman–Crippen MR) is 122 cm³/mol. The van der Waals surface area contributed by atoms with Gasteiger partial charge in [-0.15, -0.1) is 0 Å². The summed E-state index contributed by atoms with van der Waals surface area (Å²) in [6.07, 6.45) is -5.31. The lowest BCUT2D eigenvalue weighted by molar-refractivity contribution is -0.765. The van der Waals surface area contributed by atoms with Crippen LogP contribution < -0.4 is 10.3 Å². The maximum Gasteiger partial charge on any atom is 0.344 e. The van der Waals surface area contributed by atoms with Crippen LogP contribution in [0.15, 0.2) is 43.0 Å². The number of aliphatic hydroxyl groups is 5. The SMILES string of the molecule is N#C[C@@]1(c2ccc3c(N)ncnn23)O[C@H](COC(=O)c2ccc[n+]([C@@H]3O[C@H](CO)[C@@H](O)[C@H]3O)c2)[C@@H](O)[C@H]1O. The number of nitrogen functional groups attached to an aromatic ring is 1. The molecule has 2 saturated heterocycles. The Morgan fingerprint density at radius 1 is 1.21 bits per heavy atom. The zero-order chi connectivity index (χ0) is 27.2. The van der Waals surface area contributed by atoms with Crippen molar-refractivity contribution in [1.82, 2.24) is 14.6 Å². The van der Waals surface area contributed by atoms with Crippen molar-refractivity contribution in [3.8, 4) is 6.07 Å². The Labute approximate surface area is 214 Å². The second kappa shape index (κ2) is 9.85. The molecular weight excluding hydrogens is 504 g/mol. The normalized spacial score (nSPS) is 32.9. The van der Waals surface area contributed by atoms with Crippen molar-refractivity contribution in [2.24, 2.45) is 0 Å². The number of carbonyl (C=O) groups excluding carboxylic acids is 1. The van der Waals surface area contributed by atoms with E-state index in [4.69, 9.17) is 19.9 Å². The lowest BCUT2D eigenvalue weighted by atomic mass is 9.92. The first-order chi connectivity index (χ1) is 18.2. The van der Waals surface area contributed by atoms with Crippen molar-refractivity contribution in [1.29, 1.82) is 5.26 Å². The fraction of sp³-hybridized carbons (Fsp3) is 0.435. The number of nitrogens with zero attached hydrogens (tertiary/aromatic N) is 5. The van der Waals surface area contributed by atoms with Crippen LogP contribution in [0.3, 0.4) is 0 Å². The standard InChI is InChI=1S/C23H25N6O9/c24-9-23(15-4-3-12-20(25)26-10-27-29(12)15)19(34)17(32)14(38-23)8-36-22(35)11-2-1-5-28(6-11)21-18(33)16(31)13(7-30)37-21/h1-6,10,13-14,16-19,21,30-34H,7-8H2,(H2,25,26,27)/q+1/t13-,14-,16-,17-,18-,19-,21-,23+/m1/s1. The monoisotopic (exact) mass is 529 g/mol. The minimum Gasteiger partial charge on any atom is -0.459 e. The highest BCUT2D eigenvalue weighted by Crippen LogP contribution is 2.40. The minimum atomic E-state index is -2.04. The zero-order valence-electron chi connectivity index (χ0n) is 19.7. The van der Waals surface area contributed by atoms with Gasteiger partial charge in [-0.2, -0.15) is 14.9 Å². The molecule has 0 bridgehead atoms. The van der Waals surface area contributed by atoms with E-state index < -0.39 is 67.6 Å². The third-order valence-electron chi connectivity index (χ3n) is 6.73. The molecule has 3 aromatic heterocycles. The predicted octanol–water partition coefficient (Wildman–Crippen LogP) is -3.09. The third kappa shape index (κ3) is 4.04. The van der Waals surface area contributed by atoms with E-state index in [1.807, 2.05) is 6.07 Å². The summed E-state index contributed by atoms with van der Waals surface area (Å²) in [6.45, 7) is -1.01. The van der Waals surface area contributed by atoms with Crippen molar-refractivity contribution in [3.05, 3.63) is 54.2 Å². The van der Waals surface area contributed by atoms with E-state index in [2.05, 4.69) is 10.1 Å². The number of aromatic nitrogens is 4. The van der Waals surface area contributed by atoms with Gasteiger partial charge in [-0.1, -0.05) is 0 Å². The van der Waals surface area contributed by atoms with Crippen LogP contribution in [0.2, 0.25) is 0 Å². The Morgan fingerprint density at radius 2 is 2.00 bits per heavy atom. The van der Waals surface area contributed by atoms with Crippen LogP contribution >= 0.6 is 0 Å². The Balaban J connectivity index is 1.31. The Bertz CT molecular complexity index is 1400. The van der Waals surface area contributed by atoms with Gasteiger partial charge in [-0.05, 0) is 18.2 Å². The number of nitrogens with two attached hydrogens (primary N) is 1. The van der Waals surface area contributed by atoms with Gasteiger partial charge in [0, 0.05) is 6.07 Å². The first kappa shape index (κ1) is 25.9. The van der Waals surface area contributed by atoms with Gasteiger partial charge in [0.2, 0.25) is 5.60 Å². The molecule has 2 fully saturated rings. The highest BCUT2D eigenvalue weighted by molar-refractivity contribution is 5.88. The van der Waals surface area contributed by atoms with Crippen LogP contribution in [0.1, 0.15) is 22.3 Å². The number of ether oxygens (including phenoxy) is 3. The van der Waals surface area contributed by atoms with E-state index in [0.717, 1.165) is 0 Å². The summed E-state index contributed by atoms with van der Waals surface area (Å²) in [7, 11) is 0. The highest BCUT2D eigenvalue weighted by atomic mass is 16.6. The van der Waals surface area contributed by atoms with Crippen LogP contribution in [-0.4, -0.2) is 95.9 Å². The summed E-state index contributed by atoms with van der Waals surface area (Å²) >= 11 is 0. The lowest BCUT2D eigenvalue weighted by Crippen LogP contribution is -2.46. The van der Waals surface area contributed by atoms with Gasteiger partial charge in [0.05, 0.1) is 12.3 Å². The van der Waals surface area contributed by atoms with Gasteiger partial charge in [-0.25, -0.2) is 14.3 Å². The third-order valence-corrected chi connectivity index (χ3v) is 6.73. The molecular formula is C23H25N6O9+. The Morgan fingerprint density at radius 3 is 2.71 bits per heavy atom. The van der Waals surface area contributed by atoms with Gasteiger partial charge in [0.15, 0.2) is 24.3 Å². The van der Waals surface area contributed by atoms with Crippen molar-refractivity contribution in [3.63, 3.8) is 0 Å². The van der Waals surface area contributed by atoms with Gasteiger partial charge >= 0.3 is 5.97 Å². The number of pyridine rings is 1.